The lowest BCUT2D eigenvalue weighted by Gasteiger charge is -2.30. The molecule has 0 saturated carbocycles. The fourth-order valence-corrected chi connectivity index (χ4v) is 5.10. The van der Waals surface area contributed by atoms with Crippen LogP contribution in [0.25, 0.3) is 0 Å². The first kappa shape index (κ1) is 24.1. The number of benzene rings is 2. The highest BCUT2D eigenvalue weighted by atomic mass is 35.5. The Morgan fingerprint density at radius 2 is 1.88 bits per heavy atom. The van der Waals surface area contributed by atoms with Gasteiger partial charge in [0.25, 0.3) is 0 Å². The highest BCUT2D eigenvalue weighted by Crippen LogP contribution is 2.45. The maximum Gasteiger partial charge on any atom is 0.227 e. The van der Waals surface area contributed by atoms with E-state index in [1.807, 2.05) is 46.2 Å². The van der Waals surface area contributed by atoms with Gasteiger partial charge in [0.1, 0.15) is 12.4 Å². The molecule has 2 fully saturated rings. The van der Waals surface area contributed by atoms with Gasteiger partial charge in [-0.05, 0) is 35.7 Å². The number of nitrogens with two attached hydrogens (primary N) is 1. The van der Waals surface area contributed by atoms with E-state index >= 15 is 0 Å². The number of fused-ring (bicyclic) bond motifs is 1. The van der Waals surface area contributed by atoms with Crippen molar-refractivity contribution in [2.75, 3.05) is 32.8 Å². The summed E-state index contributed by atoms with van der Waals surface area (Å²) in [5.74, 6) is 1.56. The average molecular weight is 458 g/mol. The normalized spacial score (nSPS) is 21.8. The summed E-state index contributed by atoms with van der Waals surface area (Å²) >= 11 is 0. The number of aryl methyl sites for hydroxylation is 1. The highest BCUT2D eigenvalue weighted by Gasteiger charge is 2.49. The van der Waals surface area contributed by atoms with Crippen LogP contribution >= 0.6 is 12.4 Å². The smallest absolute Gasteiger partial charge is 0.227 e. The molecule has 172 valence electrons. The number of amides is 2. The Kier molecular flexibility index (Phi) is 7.80. The van der Waals surface area contributed by atoms with Gasteiger partial charge in [-0.25, -0.2) is 0 Å². The summed E-state index contributed by atoms with van der Waals surface area (Å²) in [7, 11) is 0. The van der Waals surface area contributed by atoms with Crippen LogP contribution in [0.5, 0.6) is 5.75 Å². The molecular weight excluding hydrogens is 426 g/mol. The van der Waals surface area contributed by atoms with Gasteiger partial charge in [-0.2, -0.15) is 0 Å². The topological polar surface area (TPSA) is 75.9 Å². The van der Waals surface area contributed by atoms with Gasteiger partial charge in [0, 0.05) is 44.9 Å². The van der Waals surface area contributed by atoms with Crippen molar-refractivity contribution in [3.8, 4) is 5.75 Å². The van der Waals surface area contributed by atoms with Crippen molar-refractivity contribution in [3.05, 3.63) is 65.2 Å². The Balaban J connectivity index is 0.00000289. The third kappa shape index (κ3) is 4.92. The fourth-order valence-electron chi connectivity index (χ4n) is 5.10. The van der Waals surface area contributed by atoms with E-state index in [4.69, 9.17) is 10.5 Å². The SMILES string of the molecule is CC(=O)N1C[C@H]2CN(C(=O)Cc3cccc(OCCN)c3)C[C@H]2[C@@H]1c1ccccc1C.Cl. The van der Waals surface area contributed by atoms with Crippen molar-refractivity contribution in [2.45, 2.75) is 26.3 Å². The van der Waals surface area contributed by atoms with Crippen molar-refractivity contribution < 1.29 is 14.3 Å². The molecule has 0 aromatic heterocycles. The zero-order valence-corrected chi connectivity index (χ0v) is 19.5. The van der Waals surface area contributed by atoms with Crippen LogP contribution in [0, 0.1) is 18.8 Å². The predicted molar refractivity (Wildman–Crippen MR) is 127 cm³/mol. The Morgan fingerprint density at radius 3 is 2.59 bits per heavy atom. The van der Waals surface area contributed by atoms with Crippen molar-refractivity contribution in [1.82, 2.24) is 9.80 Å². The summed E-state index contributed by atoms with van der Waals surface area (Å²) in [4.78, 5) is 29.4. The van der Waals surface area contributed by atoms with Gasteiger partial charge in [0.15, 0.2) is 0 Å². The maximum atomic E-state index is 13.1. The molecule has 2 aromatic rings. The number of likely N-dealkylation sites (tertiary alicyclic amines) is 2. The number of hydrogen-bond acceptors (Lipinski definition) is 4. The van der Waals surface area contributed by atoms with E-state index in [2.05, 4.69) is 19.1 Å². The molecule has 0 radical (unpaired) electrons. The predicted octanol–water partition coefficient (Wildman–Crippen LogP) is 2.97. The van der Waals surface area contributed by atoms with Crippen LogP contribution < -0.4 is 10.5 Å². The van der Waals surface area contributed by atoms with Crippen LogP contribution in [-0.2, 0) is 16.0 Å². The standard InChI is InChI=1S/C25H31N3O3.ClH/c1-17-6-3-4-9-22(17)25-23-16-27(14-20(23)15-28(25)18(2)29)24(30)13-19-7-5-8-21(12-19)31-11-10-26;/h3-9,12,20,23,25H,10-11,13-16,26H2,1-2H3;1H/t20-,23-,25+;/m1./s1. The molecule has 0 unspecified atom stereocenters. The average Bonchev–Trinajstić information content (AvgIpc) is 3.31. The van der Waals surface area contributed by atoms with Crippen molar-refractivity contribution in [1.29, 1.82) is 0 Å². The fraction of sp³-hybridized carbons (Fsp3) is 0.440. The Hall–Kier alpha value is -2.57. The molecule has 0 bridgehead atoms. The van der Waals surface area contributed by atoms with E-state index in [-0.39, 0.29) is 36.2 Å². The van der Waals surface area contributed by atoms with Crippen LogP contribution in [0.3, 0.4) is 0 Å². The van der Waals surface area contributed by atoms with Crippen molar-refractivity contribution in [2.24, 2.45) is 17.6 Å². The monoisotopic (exact) mass is 457 g/mol. The number of carbonyl (C=O) groups excluding carboxylic acids is 2. The molecule has 0 spiro atoms. The van der Waals surface area contributed by atoms with Crippen LogP contribution in [0.4, 0.5) is 0 Å². The van der Waals surface area contributed by atoms with Crippen LogP contribution in [-0.4, -0.2) is 54.4 Å². The summed E-state index contributed by atoms with van der Waals surface area (Å²) in [6, 6.07) is 16.0. The molecule has 2 N–H and O–H groups in total. The molecule has 2 amide bonds. The molecule has 32 heavy (non-hydrogen) atoms. The third-order valence-corrected chi connectivity index (χ3v) is 6.57. The quantitative estimate of drug-likeness (QED) is 0.723. The zero-order valence-electron chi connectivity index (χ0n) is 18.7. The maximum absolute atomic E-state index is 13.1. The molecule has 2 saturated heterocycles. The van der Waals surface area contributed by atoms with Gasteiger partial charge in [-0.15, -0.1) is 12.4 Å². The number of ether oxygens (including phenoxy) is 1. The summed E-state index contributed by atoms with van der Waals surface area (Å²) in [5.41, 5.74) is 8.84. The summed E-state index contributed by atoms with van der Waals surface area (Å²) in [6.07, 6.45) is 0.352. The number of halogens is 1. The Labute approximate surface area is 196 Å². The second kappa shape index (κ2) is 10.4. The first-order valence-corrected chi connectivity index (χ1v) is 11.0. The lowest BCUT2D eigenvalue weighted by atomic mass is 9.87. The zero-order chi connectivity index (χ0) is 22.0. The van der Waals surface area contributed by atoms with Gasteiger partial charge in [0.2, 0.25) is 11.8 Å². The van der Waals surface area contributed by atoms with Gasteiger partial charge in [0.05, 0.1) is 12.5 Å². The summed E-state index contributed by atoms with van der Waals surface area (Å²) in [6.45, 7) is 6.77. The summed E-state index contributed by atoms with van der Waals surface area (Å²) < 4.78 is 5.58. The molecule has 2 aliphatic heterocycles. The molecule has 4 rings (SSSR count). The second-order valence-electron chi connectivity index (χ2n) is 8.66. The molecule has 6 nitrogen and oxygen atoms in total. The second-order valence-corrected chi connectivity index (χ2v) is 8.66. The van der Waals surface area contributed by atoms with Crippen molar-refractivity contribution in [3.63, 3.8) is 0 Å². The first-order chi connectivity index (χ1) is 15.0. The van der Waals surface area contributed by atoms with E-state index in [0.29, 0.717) is 45.1 Å². The van der Waals surface area contributed by atoms with E-state index in [9.17, 15) is 9.59 Å². The Bertz CT molecular complexity index is 967. The van der Waals surface area contributed by atoms with Gasteiger partial charge in [-0.1, -0.05) is 36.4 Å². The van der Waals surface area contributed by atoms with Gasteiger partial charge >= 0.3 is 0 Å². The van der Waals surface area contributed by atoms with Crippen LogP contribution in [0.15, 0.2) is 48.5 Å². The molecule has 3 atom stereocenters. The minimum Gasteiger partial charge on any atom is -0.492 e. The molecule has 7 heteroatoms. The number of rotatable bonds is 6. The highest BCUT2D eigenvalue weighted by molar-refractivity contribution is 5.85. The molecule has 2 aromatic carbocycles. The van der Waals surface area contributed by atoms with E-state index in [1.54, 1.807) is 6.92 Å². The van der Waals surface area contributed by atoms with E-state index in [1.165, 1.54) is 11.1 Å². The molecule has 2 aliphatic rings. The molecule has 0 aliphatic carbocycles. The van der Waals surface area contributed by atoms with Crippen LogP contribution in [0.2, 0.25) is 0 Å². The lowest BCUT2D eigenvalue weighted by Crippen LogP contribution is -2.37. The first-order valence-electron chi connectivity index (χ1n) is 11.0. The number of carbonyl (C=O) groups is 2. The Morgan fingerprint density at radius 1 is 1.09 bits per heavy atom. The minimum absolute atomic E-state index is 0. The third-order valence-electron chi connectivity index (χ3n) is 6.57. The lowest BCUT2D eigenvalue weighted by molar-refractivity contribution is -0.131. The van der Waals surface area contributed by atoms with Gasteiger partial charge in [-0.3, -0.25) is 9.59 Å². The van der Waals surface area contributed by atoms with E-state index < -0.39 is 0 Å². The van der Waals surface area contributed by atoms with E-state index in [0.717, 1.165) is 11.3 Å². The molecular formula is C25H32ClN3O3. The minimum atomic E-state index is 0. The molecule has 2 heterocycles. The number of hydrogen-bond donors (Lipinski definition) is 1. The van der Waals surface area contributed by atoms with Gasteiger partial charge < -0.3 is 20.3 Å². The summed E-state index contributed by atoms with van der Waals surface area (Å²) in [5, 5.41) is 0. The largest absolute Gasteiger partial charge is 0.492 e. The number of nitrogens with zero attached hydrogens (tertiary/aromatic N) is 2. The van der Waals surface area contributed by atoms with Crippen LogP contribution in [0.1, 0.15) is 29.7 Å². The van der Waals surface area contributed by atoms with Crippen molar-refractivity contribution >= 4 is 24.2 Å².